The summed E-state index contributed by atoms with van der Waals surface area (Å²) in [6.07, 6.45) is 0. The molecule has 0 bridgehead atoms. The van der Waals surface area contributed by atoms with E-state index in [4.69, 9.17) is 21.9 Å². The first-order valence-electron chi connectivity index (χ1n) is 5.11. The lowest BCUT2D eigenvalue weighted by Crippen LogP contribution is -2.53. The minimum absolute atomic E-state index is 0.0645. The van der Waals surface area contributed by atoms with Crippen molar-refractivity contribution in [2.75, 3.05) is 36.1 Å². The molecule has 0 aromatic carbocycles. The predicted octanol–water partition coefficient (Wildman–Crippen LogP) is -1.67. The second-order valence-electron chi connectivity index (χ2n) is 3.70. The monoisotopic (exact) mass is 238 g/mol. The Morgan fingerprint density at radius 1 is 1.47 bits per heavy atom. The number of primary amides is 1. The zero-order valence-electron chi connectivity index (χ0n) is 9.17. The molecule has 1 unspecified atom stereocenters. The van der Waals surface area contributed by atoms with Crippen LogP contribution in [0.5, 0.6) is 0 Å². The number of carbonyl (C=O) groups is 1. The van der Waals surface area contributed by atoms with Crippen LogP contribution in [0.25, 0.3) is 0 Å². The van der Waals surface area contributed by atoms with Crippen LogP contribution in [0.3, 0.4) is 0 Å². The zero-order chi connectivity index (χ0) is 12.4. The summed E-state index contributed by atoms with van der Waals surface area (Å²) in [5, 5.41) is 0. The van der Waals surface area contributed by atoms with Gasteiger partial charge in [0.25, 0.3) is 0 Å². The molecule has 1 saturated heterocycles. The first-order chi connectivity index (χ1) is 8.08. The van der Waals surface area contributed by atoms with E-state index >= 15 is 0 Å². The Hall–Kier alpha value is -2.09. The Morgan fingerprint density at radius 2 is 2.24 bits per heavy atom. The molecule has 1 aromatic rings. The highest BCUT2D eigenvalue weighted by Gasteiger charge is 2.29. The lowest BCUT2D eigenvalue weighted by atomic mass is 10.2. The fourth-order valence-electron chi connectivity index (χ4n) is 1.73. The summed E-state index contributed by atoms with van der Waals surface area (Å²) < 4.78 is 5.21. The average molecular weight is 238 g/mol. The number of aromatic nitrogens is 2. The first kappa shape index (κ1) is 11.4. The summed E-state index contributed by atoms with van der Waals surface area (Å²) in [4.78, 5) is 20.8. The topological polar surface area (TPSA) is 133 Å². The number of nitrogen functional groups attached to an aromatic ring is 2. The van der Waals surface area contributed by atoms with Crippen molar-refractivity contribution in [3.8, 4) is 0 Å². The van der Waals surface area contributed by atoms with Crippen LogP contribution >= 0.6 is 0 Å². The zero-order valence-corrected chi connectivity index (χ0v) is 9.17. The molecule has 0 aliphatic carbocycles. The maximum Gasteiger partial charge on any atom is 0.242 e. The van der Waals surface area contributed by atoms with Gasteiger partial charge in [-0.25, -0.2) is 0 Å². The molecule has 1 fully saturated rings. The molecule has 2 rings (SSSR count). The van der Waals surface area contributed by atoms with Gasteiger partial charge >= 0.3 is 0 Å². The van der Waals surface area contributed by atoms with Crippen LogP contribution in [-0.2, 0) is 9.53 Å². The molecular formula is C9H14N6O2. The number of rotatable bonds is 2. The standard InChI is InChI=1S/C9H14N6O2/c10-6-3-7(14-9(12)13-6)15-1-2-17-4-5(15)8(11)16/h3,5H,1-2,4H2,(H2,11,16)(H4,10,12,13,14). The van der Waals surface area contributed by atoms with E-state index in [-0.39, 0.29) is 18.4 Å². The average Bonchev–Trinajstić information content (AvgIpc) is 2.27. The molecule has 17 heavy (non-hydrogen) atoms. The van der Waals surface area contributed by atoms with Gasteiger partial charge in [-0.15, -0.1) is 0 Å². The number of hydrogen-bond acceptors (Lipinski definition) is 7. The molecule has 1 atom stereocenters. The van der Waals surface area contributed by atoms with Gasteiger partial charge in [-0.1, -0.05) is 0 Å². The summed E-state index contributed by atoms with van der Waals surface area (Å²) in [6.45, 7) is 1.23. The molecule has 0 radical (unpaired) electrons. The number of nitrogens with zero attached hydrogens (tertiary/aromatic N) is 3. The molecule has 8 heteroatoms. The van der Waals surface area contributed by atoms with Crippen molar-refractivity contribution >= 4 is 23.5 Å². The summed E-state index contributed by atoms with van der Waals surface area (Å²) in [6, 6.07) is 0.995. The number of carbonyl (C=O) groups excluding carboxylic acids is 1. The maximum absolute atomic E-state index is 11.3. The molecular weight excluding hydrogens is 224 g/mol. The fraction of sp³-hybridized carbons (Fsp3) is 0.444. The first-order valence-corrected chi connectivity index (χ1v) is 5.11. The van der Waals surface area contributed by atoms with Crippen LogP contribution < -0.4 is 22.1 Å². The molecule has 1 aromatic heterocycles. The molecule has 2 heterocycles. The van der Waals surface area contributed by atoms with Crippen molar-refractivity contribution in [3.05, 3.63) is 6.07 Å². The quantitative estimate of drug-likeness (QED) is 0.561. The van der Waals surface area contributed by atoms with Crippen molar-refractivity contribution in [3.63, 3.8) is 0 Å². The Morgan fingerprint density at radius 3 is 2.88 bits per heavy atom. The number of anilines is 3. The Balaban J connectivity index is 2.32. The second kappa shape index (κ2) is 4.42. The third kappa shape index (κ3) is 2.36. The Labute approximate surface area is 97.7 Å². The van der Waals surface area contributed by atoms with Gasteiger partial charge in [0.05, 0.1) is 13.2 Å². The normalized spacial score (nSPS) is 20.2. The van der Waals surface area contributed by atoms with E-state index in [1.807, 2.05) is 0 Å². The summed E-state index contributed by atoms with van der Waals surface area (Å²) in [5.74, 6) is 0.333. The number of nitrogens with two attached hydrogens (primary N) is 3. The summed E-state index contributed by atoms with van der Waals surface area (Å²) in [7, 11) is 0. The van der Waals surface area contributed by atoms with E-state index in [9.17, 15) is 4.79 Å². The largest absolute Gasteiger partial charge is 0.383 e. The third-order valence-corrected chi connectivity index (χ3v) is 2.50. The van der Waals surface area contributed by atoms with Crippen LogP contribution in [0.4, 0.5) is 17.6 Å². The van der Waals surface area contributed by atoms with Gasteiger partial charge < -0.3 is 26.8 Å². The van der Waals surface area contributed by atoms with Crippen LogP contribution in [-0.4, -0.2) is 41.7 Å². The summed E-state index contributed by atoms with van der Waals surface area (Å²) in [5.41, 5.74) is 16.4. The van der Waals surface area contributed by atoms with Gasteiger partial charge in [-0.3, -0.25) is 4.79 Å². The molecule has 0 spiro atoms. The highest BCUT2D eigenvalue weighted by Crippen LogP contribution is 2.19. The van der Waals surface area contributed by atoms with Crippen molar-refractivity contribution in [1.82, 2.24) is 9.97 Å². The van der Waals surface area contributed by atoms with Crippen LogP contribution in [0.15, 0.2) is 6.07 Å². The van der Waals surface area contributed by atoms with Crippen molar-refractivity contribution in [1.29, 1.82) is 0 Å². The minimum Gasteiger partial charge on any atom is -0.383 e. The van der Waals surface area contributed by atoms with Gasteiger partial charge in [0.1, 0.15) is 17.7 Å². The van der Waals surface area contributed by atoms with E-state index in [0.717, 1.165) is 0 Å². The van der Waals surface area contributed by atoms with Crippen molar-refractivity contribution < 1.29 is 9.53 Å². The van der Waals surface area contributed by atoms with Gasteiger partial charge in [-0.05, 0) is 0 Å². The smallest absolute Gasteiger partial charge is 0.242 e. The van der Waals surface area contributed by atoms with Gasteiger partial charge in [-0.2, -0.15) is 9.97 Å². The molecule has 92 valence electrons. The molecule has 6 N–H and O–H groups in total. The van der Waals surface area contributed by atoms with Gasteiger partial charge in [0, 0.05) is 12.6 Å². The Bertz CT molecular complexity index is 417. The number of morpholine rings is 1. The molecule has 1 aliphatic rings. The van der Waals surface area contributed by atoms with E-state index in [0.29, 0.717) is 19.0 Å². The minimum atomic E-state index is -0.558. The molecule has 0 saturated carbocycles. The maximum atomic E-state index is 11.3. The van der Waals surface area contributed by atoms with Crippen molar-refractivity contribution in [2.45, 2.75) is 6.04 Å². The predicted molar refractivity (Wildman–Crippen MR) is 62.0 cm³/mol. The van der Waals surface area contributed by atoms with Crippen LogP contribution in [0, 0.1) is 0 Å². The van der Waals surface area contributed by atoms with Gasteiger partial charge in [0.15, 0.2) is 0 Å². The molecule has 1 amide bonds. The van der Waals surface area contributed by atoms with E-state index in [1.165, 1.54) is 0 Å². The number of hydrogen-bond donors (Lipinski definition) is 3. The second-order valence-corrected chi connectivity index (χ2v) is 3.70. The molecule has 1 aliphatic heterocycles. The Kier molecular flexibility index (Phi) is 2.96. The number of amides is 1. The summed E-state index contributed by atoms with van der Waals surface area (Å²) >= 11 is 0. The van der Waals surface area contributed by atoms with Crippen molar-refractivity contribution in [2.24, 2.45) is 5.73 Å². The highest BCUT2D eigenvalue weighted by atomic mass is 16.5. The highest BCUT2D eigenvalue weighted by molar-refractivity contribution is 5.83. The lowest BCUT2D eigenvalue weighted by Gasteiger charge is -2.34. The van der Waals surface area contributed by atoms with Gasteiger partial charge in [0.2, 0.25) is 11.9 Å². The van der Waals surface area contributed by atoms with E-state index in [1.54, 1.807) is 11.0 Å². The van der Waals surface area contributed by atoms with E-state index < -0.39 is 11.9 Å². The van der Waals surface area contributed by atoms with Crippen LogP contribution in [0.2, 0.25) is 0 Å². The fourth-order valence-corrected chi connectivity index (χ4v) is 1.73. The van der Waals surface area contributed by atoms with E-state index in [2.05, 4.69) is 9.97 Å². The van der Waals surface area contributed by atoms with Crippen LogP contribution in [0.1, 0.15) is 0 Å². The number of ether oxygens (including phenoxy) is 1. The SMILES string of the molecule is NC(=O)C1COCCN1c1cc(N)nc(N)n1. The molecule has 8 nitrogen and oxygen atoms in total. The lowest BCUT2D eigenvalue weighted by molar-refractivity contribution is -0.121. The third-order valence-electron chi connectivity index (χ3n) is 2.50.